The molecule has 3 aromatic rings. The molecule has 4 rings (SSSR count). The van der Waals surface area contributed by atoms with Gasteiger partial charge in [-0.1, -0.05) is 43.3 Å². The van der Waals surface area contributed by atoms with Crippen LogP contribution in [0.15, 0.2) is 65.4 Å². The van der Waals surface area contributed by atoms with E-state index in [2.05, 4.69) is 25.1 Å². The van der Waals surface area contributed by atoms with Gasteiger partial charge in [-0.2, -0.15) is 16.6 Å². The highest BCUT2D eigenvalue weighted by Gasteiger charge is 2.48. The number of nitrogens with zero attached hydrogens (tertiary/aromatic N) is 1. The molecule has 2 atom stereocenters. The maximum absolute atomic E-state index is 13.4. The molecule has 1 aliphatic rings. The van der Waals surface area contributed by atoms with Crippen molar-refractivity contribution in [2.24, 2.45) is 5.41 Å². The quantitative estimate of drug-likeness (QED) is 0.614. The summed E-state index contributed by atoms with van der Waals surface area (Å²) in [6, 6.07) is 20.1. The van der Waals surface area contributed by atoms with Crippen molar-refractivity contribution in [1.29, 1.82) is 5.26 Å². The van der Waals surface area contributed by atoms with Crippen molar-refractivity contribution in [3.05, 3.63) is 93.2 Å². The van der Waals surface area contributed by atoms with Crippen LogP contribution in [0.2, 0.25) is 0 Å². The minimum atomic E-state index is -0.543. The molecule has 2 aromatic carbocycles. The minimum absolute atomic E-state index is 0.0376. The first-order chi connectivity index (χ1) is 12.1. The van der Waals surface area contributed by atoms with E-state index in [-0.39, 0.29) is 11.7 Å². The Kier molecular flexibility index (Phi) is 3.78. The highest BCUT2D eigenvalue weighted by atomic mass is 32.1. The molecule has 3 heteroatoms. The smallest absolute Gasteiger partial charge is 0.170 e. The molecule has 0 radical (unpaired) electrons. The van der Waals surface area contributed by atoms with Crippen LogP contribution < -0.4 is 0 Å². The average Bonchev–Trinajstić information content (AvgIpc) is 3.27. The van der Waals surface area contributed by atoms with E-state index < -0.39 is 5.41 Å². The Hall–Kier alpha value is -2.70. The van der Waals surface area contributed by atoms with Crippen LogP contribution >= 0.6 is 11.3 Å². The van der Waals surface area contributed by atoms with Crippen LogP contribution in [0, 0.1) is 16.7 Å². The first-order valence-electron chi connectivity index (χ1n) is 8.28. The Morgan fingerprint density at radius 3 is 2.68 bits per heavy atom. The predicted octanol–water partition coefficient (Wildman–Crippen LogP) is 5.20. The number of carbonyl (C=O) groups excluding carboxylic acids is 1. The Morgan fingerprint density at radius 1 is 1.20 bits per heavy atom. The summed E-state index contributed by atoms with van der Waals surface area (Å²) in [5, 5.41) is 13.2. The summed E-state index contributed by atoms with van der Waals surface area (Å²) in [4.78, 5) is 13.4. The summed E-state index contributed by atoms with van der Waals surface area (Å²) in [5.41, 5.74) is 4.28. The van der Waals surface area contributed by atoms with Crippen molar-refractivity contribution in [3.63, 3.8) is 0 Å². The van der Waals surface area contributed by atoms with Gasteiger partial charge >= 0.3 is 0 Å². The molecule has 0 bridgehead atoms. The minimum Gasteiger partial charge on any atom is -0.293 e. The number of hydrogen-bond acceptors (Lipinski definition) is 3. The van der Waals surface area contributed by atoms with Gasteiger partial charge in [0.1, 0.15) is 0 Å². The van der Waals surface area contributed by atoms with E-state index in [9.17, 15) is 10.1 Å². The number of thiophene rings is 1. The summed E-state index contributed by atoms with van der Waals surface area (Å²) in [6.45, 7) is 2.07. The lowest BCUT2D eigenvalue weighted by Gasteiger charge is -2.31. The summed E-state index contributed by atoms with van der Waals surface area (Å²) >= 11 is 1.55. The molecule has 0 N–H and O–H groups in total. The first-order valence-corrected chi connectivity index (χ1v) is 9.22. The largest absolute Gasteiger partial charge is 0.293 e. The fraction of sp³-hybridized carbons (Fsp3) is 0.182. The summed E-state index contributed by atoms with van der Waals surface area (Å²) < 4.78 is 0. The highest BCUT2D eigenvalue weighted by molar-refractivity contribution is 7.08. The topological polar surface area (TPSA) is 40.9 Å². The summed E-state index contributed by atoms with van der Waals surface area (Å²) in [5.74, 6) is 0.140. The Bertz CT molecular complexity index is 969. The SMILES string of the molecule is C[C@@]1(C(=O)c2ccsc2)Cc2ccc(C#N)cc2[C@@H]1c1ccccc1. The number of nitriles is 1. The summed E-state index contributed by atoms with van der Waals surface area (Å²) in [6.07, 6.45) is 0.697. The third-order valence-corrected chi connectivity index (χ3v) is 5.90. The second-order valence-corrected chi connectivity index (χ2v) is 7.58. The maximum Gasteiger partial charge on any atom is 0.170 e. The zero-order valence-corrected chi connectivity index (χ0v) is 14.7. The van der Waals surface area contributed by atoms with Crippen LogP contribution in [0.1, 0.15) is 45.5 Å². The molecule has 1 aliphatic carbocycles. The number of fused-ring (bicyclic) bond motifs is 1. The van der Waals surface area contributed by atoms with Crippen LogP contribution in [0.25, 0.3) is 0 Å². The van der Waals surface area contributed by atoms with E-state index in [1.807, 2.05) is 53.2 Å². The predicted molar refractivity (Wildman–Crippen MR) is 99.9 cm³/mol. The molecule has 1 heterocycles. The van der Waals surface area contributed by atoms with E-state index in [1.54, 1.807) is 11.3 Å². The number of carbonyl (C=O) groups is 1. The third-order valence-electron chi connectivity index (χ3n) is 5.22. The number of rotatable bonds is 3. The van der Waals surface area contributed by atoms with Crippen molar-refractivity contribution in [3.8, 4) is 6.07 Å². The molecule has 0 saturated carbocycles. The normalized spacial score (nSPS) is 21.5. The number of benzene rings is 2. The Morgan fingerprint density at radius 2 is 2.00 bits per heavy atom. The fourth-order valence-corrected chi connectivity index (χ4v) is 4.70. The lowest BCUT2D eigenvalue weighted by Crippen LogP contribution is -2.32. The van der Waals surface area contributed by atoms with E-state index in [0.29, 0.717) is 12.0 Å². The molecule has 0 saturated heterocycles. The molecule has 1 aromatic heterocycles. The lowest BCUT2D eigenvalue weighted by atomic mass is 9.70. The van der Waals surface area contributed by atoms with Crippen LogP contribution in [0.4, 0.5) is 0 Å². The summed E-state index contributed by atoms with van der Waals surface area (Å²) in [7, 11) is 0. The van der Waals surface area contributed by atoms with Crippen LogP contribution in [-0.2, 0) is 6.42 Å². The van der Waals surface area contributed by atoms with Gasteiger partial charge in [0.05, 0.1) is 11.6 Å². The van der Waals surface area contributed by atoms with Crippen molar-refractivity contribution < 1.29 is 4.79 Å². The highest BCUT2D eigenvalue weighted by Crippen LogP contribution is 2.52. The standard InChI is InChI=1S/C22H17NOS/c1-22(21(24)18-9-10-25-14-18)12-17-8-7-15(13-23)11-19(17)20(22)16-5-3-2-4-6-16/h2-11,14,20H,12H2,1H3/t20-,22+/m0/s1. The number of ketones is 1. The Balaban J connectivity index is 1.90. The van der Waals surface area contributed by atoms with Gasteiger partial charge in [0.15, 0.2) is 5.78 Å². The molecule has 0 amide bonds. The van der Waals surface area contributed by atoms with Gasteiger partial charge in [-0.15, -0.1) is 0 Å². The molecular weight excluding hydrogens is 326 g/mol. The molecule has 0 fully saturated rings. The average molecular weight is 343 g/mol. The van der Waals surface area contributed by atoms with Crippen molar-refractivity contribution >= 4 is 17.1 Å². The van der Waals surface area contributed by atoms with Gasteiger partial charge in [-0.05, 0) is 46.7 Å². The molecule has 2 nitrogen and oxygen atoms in total. The molecular formula is C22H17NOS. The zero-order valence-electron chi connectivity index (χ0n) is 13.9. The van der Waals surface area contributed by atoms with Gasteiger partial charge in [0.25, 0.3) is 0 Å². The van der Waals surface area contributed by atoms with E-state index in [0.717, 1.165) is 16.7 Å². The number of hydrogen-bond donors (Lipinski definition) is 0. The van der Waals surface area contributed by atoms with Gasteiger partial charge in [0.2, 0.25) is 0 Å². The fourth-order valence-electron chi connectivity index (χ4n) is 4.06. The van der Waals surface area contributed by atoms with Gasteiger partial charge in [-0.25, -0.2) is 0 Å². The molecule has 0 unspecified atom stereocenters. The molecule has 0 aliphatic heterocycles. The van der Waals surface area contributed by atoms with Gasteiger partial charge < -0.3 is 0 Å². The second-order valence-electron chi connectivity index (χ2n) is 6.80. The lowest BCUT2D eigenvalue weighted by molar-refractivity contribution is 0.0807. The van der Waals surface area contributed by atoms with Gasteiger partial charge in [-0.3, -0.25) is 4.79 Å². The second kappa shape index (κ2) is 5.98. The van der Waals surface area contributed by atoms with Gasteiger partial charge in [0, 0.05) is 22.3 Å². The Labute approximate surface area is 151 Å². The zero-order chi connectivity index (χ0) is 17.4. The van der Waals surface area contributed by atoms with Crippen molar-refractivity contribution in [2.75, 3.05) is 0 Å². The van der Waals surface area contributed by atoms with Crippen molar-refractivity contribution in [2.45, 2.75) is 19.3 Å². The van der Waals surface area contributed by atoms with Crippen LogP contribution in [-0.4, -0.2) is 5.78 Å². The van der Waals surface area contributed by atoms with Crippen LogP contribution in [0.5, 0.6) is 0 Å². The maximum atomic E-state index is 13.4. The van der Waals surface area contributed by atoms with E-state index >= 15 is 0 Å². The van der Waals surface area contributed by atoms with E-state index in [4.69, 9.17) is 0 Å². The van der Waals surface area contributed by atoms with Crippen LogP contribution in [0.3, 0.4) is 0 Å². The monoisotopic (exact) mass is 343 g/mol. The number of Topliss-reactive ketones (excluding diaryl/α,β-unsaturated/α-hetero) is 1. The third kappa shape index (κ3) is 2.50. The molecule has 25 heavy (non-hydrogen) atoms. The van der Waals surface area contributed by atoms with Crippen molar-refractivity contribution in [1.82, 2.24) is 0 Å². The molecule has 122 valence electrons. The molecule has 0 spiro atoms. The first kappa shape index (κ1) is 15.8. The van der Waals surface area contributed by atoms with E-state index in [1.165, 1.54) is 5.56 Å².